The van der Waals surface area contributed by atoms with Crippen molar-refractivity contribution in [3.05, 3.63) is 57.6 Å². The van der Waals surface area contributed by atoms with Gasteiger partial charge in [-0.3, -0.25) is 9.69 Å². The number of likely N-dealkylation sites (N-methyl/N-ethyl adjacent to an activating group) is 1. The SMILES string of the molecule is Cc1ccc(C#CC(=O)N(C)[C@H]2CC[C@H]3[C@H]4Cc5c(C)cc(O)c6c5[C@@]3(CCN4CC3CC3)[C@H]2O6)cc1C. The van der Waals surface area contributed by atoms with Gasteiger partial charge in [0.2, 0.25) is 0 Å². The zero-order valence-electron chi connectivity index (χ0n) is 23.0. The molecule has 2 heterocycles. The van der Waals surface area contributed by atoms with Crippen LogP contribution in [0.15, 0.2) is 24.3 Å². The summed E-state index contributed by atoms with van der Waals surface area (Å²) in [6.45, 7) is 8.58. The highest BCUT2D eigenvalue weighted by atomic mass is 16.5. The fourth-order valence-corrected chi connectivity index (χ4v) is 8.30. The van der Waals surface area contributed by atoms with Gasteiger partial charge in [0, 0.05) is 42.1 Å². The molecule has 0 aromatic heterocycles. The quantitative estimate of drug-likeness (QED) is 0.611. The normalized spacial score (nSPS) is 30.6. The van der Waals surface area contributed by atoms with Crippen molar-refractivity contribution in [2.24, 2.45) is 11.8 Å². The highest BCUT2D eigenvalue weighted by molar-refractivity contribution is 5.94. The third kappa shape index (κ3) is 3.46. The first-order chi connectivity index (χ1) is 18.3. The van der Waals surface area contributed by atoms with Crippen LogP contribution in [-0.4, -0.2) is 59.1 Å². The number of carbonyl (C=O) groups excluding carboxylic acids is 1. The smallest absolute Gasteiger partial charge is 0.298 e. The molecule has 38 heavy (non-hydrogen) atoms. The third-order valence-corrected chi connectivity index (χ3v) is 10.6. The Kier molecular flexibility index (Phi) is 5.40. The fraction of sp³-hybridized carbons (Fsp3) is 0.545. The second-order valence-electron chi connectivity index (χ2n) is 12.7. The number of nitrogens with zero attached hydrogens (tertiary/aromatic N) is 2. The molecule has 3 aliphatic carbocycles. The molecular formula is C33H38N2O3. The first kappa shape index (κ1) is 24.1. The minimum atomic E-state index is -0.165. The topological polar surface area (TPSA) is 53.0 Å². The maximum Gasteiger partial charge on any atom is 0.298 e. The van der Waals surface area contributed by atoms with Gasteiger partial charge in [0.25, 0.3) is 5.91 Å². The molecule has 1 saturated heterocycles. The van der Waals surface area contributed by atoms with Gasteiger partial charge in [0.15, 0.2) is 11.5 Å². The summed E-state index contributed by atoms with van der Waals surface area (Å²) < 4.78 is 6.76. The molecule has 2 aromatic carbocycles. The maximum atomic E-state index is 13.4. The molecule has 0 radical (unpaired) electrons. The minimum Gasteiger partial charge on any atom is -0.504 e. The van der Waals surface area contributed by atoms with Crippen LogP contribution in [0.2, 0.25) is 0 Å². The molecule has 3 fully saturated rings. The van der Waals surface area contributed by atoms with E-state index in [4.69, 9.17) is 4.74 Å². The van der Waals surface area contributed by atoms with Crippen LogP contribution in [0.1, 0.15) is 65.5 Å². The average molecular weight is 511 g/mol. The second-order valence-corrected chi connectivity index (χ2v) is 12.7. The second kappa shape index (κ2) is 8.52. The van der Waals surface area contributed by atoms with Crippen LogP contribution in [0.25, 0.3) is 0 Å². The van der Waals surface area contributed by atoms with Crippen molar-refractivity contribution < 1.29 is 14.6 Å². The lowest BCUT2D eigenvalue weighted by Crippen LogP contribution is -2.69. The number of amides is 1. The standard InChI is InChI=1S/C33H38N2O3/c1-19-5-6-22(15-20(19)2)9-12-29(37)34(4)26-11-10-25-27-17-24-21(3)16-28(36)31-30(24)33(25,32(26)38-31)13-14-35(27)18-23-7-8-23/h5-6,15-16,23,25-27,32,36H,7-8,10-11,13-14,17-18H2,1-4H3/t25-,26-,27+,32-,33-/m0/s1. The molecule has 1 amide bonds. The van der Waals surface area contributed by atoms with Gasteiger partial charge in [-0.15, -0.1) is 0 Å². The van der Waals surface area contributed by atoms with Gasteiger partial charge in [-0.25, -0.2) is 0 Å². The summed E-state index contributed by atoms with van der Waals surface area (Å²) in [6, 6.07) is 8.42. The summed E-state index contributed by atoms with van der Waals surface area (Å²) in [5, 5.41) is 11.0. The van der Waals surface area contributed by atoms with E-state index >= 15 is 0 Å². The van der Waals surface area contributed by atoms with Gasteiger partial charge in [0.1, 0.15) is 6.10 Å². The Hall–Kier alpha value is -2.97. The van der Waals surface area contributed by atoms with Crippen LogP contribution < -0.4 is 4.74 Å². The Morgan fingerprint density at radius 3 is 2.71 bits per heavy atom. The van der Waals surface area contributed by atoms with E-state index in [0.29, 0.717) is 17.7 Å². The molecule has 5 aliphatic rings. The minimum absolute atomic E-state index is 0.0681. The number of benzene rings is 2. The summed E-state index contributed by atoms with van der Waals surface area (Å²) in [5.41, 5.74) is 6.94. The number of ether oxygens (including phenoxy) is 1. The van der Waals surface area contributed by atoms with Gasteiger partial charge in [-0.1, -0.05) is 12.0 Å². The molecule has 5 atom stereocenters. The molecule has 2 aromatic rings. The van der Waals surface area contributed by atoms with E-state index in [0.717, 1.165) is 43.7 Å². The van der Waals surface area contributed by atoms with E-state index in [1.807, 2.05) is 30.1 Å². The Labute approximate surface area is 226 Å². The number of aryl methyl sites for hydroxylation is 3. The number of aromatic hydroxyl groups is 1. The summed E-state index contributed by atoms with van der Waals surface area (Å²) >= 11 is 0. The van der Waals surface area contributed by atoms with Crippen molar-refractivity contribution in [2.75, 3.05) is 20.1 Å². The maximum absolute atomic E-state index is 13.4. The van der Waals surface area contributed by atoms with Gasteiger partial charge in [-0.05, 0) is 118 Å². The summed E-state index contributed by atoms with van der Waals surface area (Å²) in [5.74, 6) is 8.15. The van der Waals surface area contributed by atoms with E-state index in [1.165, 1.54) is 47.2 Å². The molecule has 198 valence electrons. The number of hydrogen-bond donors (Lipinski definition) is 1. The number of phenols is 1. The van der Waals surface area contributed by atoms with E-state index in [9.17, 15) is 9.90 Å². The summed E-state index contributed by atoms with van der Waals surface area (Å²) in [6.07, 6.45) is 6.65. The van der Waals surface area contributed by atoms with Gasteiger partial charge >= 0.3 is 0 Å². The number of rotatable bonds is 3. The average Bonchev–Trinajstić information content (AvgIpc) is 3.65. The summed E-state index contributed by atoms with van der Waals surface area (Å²) in [7, 11) is 1.89. The van der Waals surface area contributed by atoms with Crippen LogP contribution >= 0.6 is 0 Å². The largest absolute Gasteiger partial charge is 0.504 e. The van der Waals surface area contributed by atoms with Crippen molar-refractivity contribution >= 4 is 5.91 Å². The van der Waals surface area contributed by atoms with Crippen LogP contribution in [-0.2, 0) is 16.6 Å². The van der Waals surface area contributed by atoms with Crippen molar-refractivity contribution in [3.63, 3.8) is 0 Å². The summed E-state index contributed by atoms with van der Waals surface area (Å²) in [4.78, 5) is 18.0. The Morgan fingerprint density at radius 1 is 1.13 bits per heavy atom. The monoisotopic (exact) mass is 510 g/mol. The van der Waals surface area contributed by atoms with Crippen LogP contribution in [0.4, 0.5) is 0 Å². The Morgan fingerprint density at radius 2 is 1.95 bits per heavy atom. The fourth-order valence-electron chi connectivity index (χ4n) is 8.30. The Bertz CT molecular complexity index is 1400. The van der Waals surface area contributed by atoms with Crippen molar-refractivity contribution in [1.29, 1.82) is 0 Å². The molecule has 2 saturated carbocycles. The van der Waals surface area contributed by atoms with Crippen LogP contribution in [0.3, 0.4) is 0 Å². The molecule has 7 rings (SSSR count). The van der Waals surface area contributed by atoms with Gasteiger partial charge < -0.3 is 14.7 Å². The van der Waals surface area contributed by atoms with Crippen molar-refractivity contribution in [1.82, 2.24) is 9.80 Å². The van der Waals surface area contributed by atoms with Gasteiger partial charge in [0.05, 0.1) is 6.04 Å². The third-order valence-electron chi connectivity index (χ3n) is 10.6. The highest BCUT2D eigenvalue weighted by Crippen LogP contribution is 2.64. The predicted octanol–water partition coefficient (Wildman–Crippen LogP) is 4.65. The first-order valence-electron chi connectivity index (χ1n) is 14.4. The number of likely N-dealkylation sites (tertiary alicyclic amines) is 1. The van der Waals surface area contributed by atoms with E-state index < -0.39 is 0 Å². The molecule has 1 N–H and O–H groups in total. The molecule has 2 aliphatic heterocycles. The predicted molar refractivity (Wildman–Crippen MR) is 147 cm³/mol. The molecule has 5 nitrogen and oxygen atoms in total. The van der Waals surface area contributed by atoms with Crippen molar-refractivity contribution in [3.8, 4) is 23.3 Å². The highest BCUT2D eigenvalue weighted by Gasteiger charge is 2.66. The molecule has 2 bridgehead atoms. The first-order valence-corrected chi connectivity index (χ1v) is 14.4. The molecule has 5 heteroatoms. The van der Waals surface area contributed by atoms with Crippen molar-refractivity contribution in [2.45, 2.75) is 82.9 Å². The lowest BCUT2D eigenvalue weighted by molar-refractivity contribution is -0.134. The van der Waals surface area contributed by atoms with Crippen LogP contribution in [0, 0.1) is 44.4 Å². The number of phenolic OH excluding ortho intramolecular Hbond substituents is 1. The van der Waals surface area contributed by atoms with Crippen LogP contribution in [0.5, 0.6) is 11.5 Å². The van der Waals surface area contributed by atoms with E-state index in [2.05, 4.69) is 43.6 Å². The number of carbonyl (C=O) groups is 1. The molecule has 1 spiro atoms. The zero-order valence-corrected chi connectivity index (χ0v) is 23.0. The molecular weight excluding hydrogens is 472 g/mol. The molecule has 0 unspecified atom stereocenters. The lowest BCUT2D eigenvalue weighted by Gasteiger charge is -2.60. The Balaban J connectivity index is 1.24. The zero-order chi connectivity index (χ0) is 26.3. The number of hydrogen-bond acceptors (Lipinski definition) is 4. The van der Waals surface area contributed by atoms with Gasteiger partial charge in [-0.2, -0.15) is 0 Å². The van der Waals surface area contributed by atoms with E-state index in [1.54, 1.807) is 0 Å². The van der Waals surface area contributed by atoms with E-state index in [-0.39, 0.29) is 29.2 Å². The lowest BCUT2D eigenvalue weighted by atomic mass is 9.50. The number of piperidine rings is 1.